The van der Waals surface area contributed by atoms with Crippen LogP contribution < -0.4 is 4.74 Å². The molecule has 0 aliphatic carbocycles. The lowest BCUT2D eigenvalue weighted by Crippen LogP contribution is -1.93. The number of benzene rings is 3. The van der Waals surface area contributed by atoms with Crippen molar-refractivity contribution < 1.29 is 4.74 Å². The van der Waals surface area contributed by atoms with Crippen LogP contribution in [0.4, 0.5) is 0 Å². The molecule has 5 heteroatoms. The van der Waals surface area contributed by atoms with E-state index in [0.717, 1.165) is 32.3 Å². The molecule has 0 spiro atoms. The van der Waals surface area contributed by atoms with Gasteiger partial charge in [0, 0.05) is 44.7 Å². The normalized spacial score (nSPS) is 11.4. The number of hydrogen-bond acceptors (Lipinski definition) is 4. The zero-order valence-electron chi connectivity index (χ0n) is 17.4. The summed E-state index contributed by atoms with van der Waals surface area (Å²) >= 11 is 1.71. The van der Waals surface area contributed by atoms with Crippen LogP contribution in [0.2, 0.25) is 0 Å². The average molecular weight is 434 g/mol. The van der Waals surface area contributed by atoms with E-state index in [2.05, 4.69) is 64.8 Å². The molecule has 0 N–H and O–H groups in total. The lowest BCUT2D eigenvalue weighted by atomic mass is 10.1. The van der Waals surface area contributed by atoms with E-state index in [0.29, 0.717) is 5.88 Å². The molecule has 3 aromatic heterocycles. The molecule has 3 heterocycles. The van der Waals surface area contributed by atoms with Crippen molar-refractivity contribution in [1.29, 1.82) is 0 Å². The van der Waals surface area contributed by atoms with Crippen LogP contribution in [0.15, 0.2) is 107 Å². The van der Waals surface area contributed by atoms with E-state index >= 15 is 0 Å². The van der Waals surface area contributed by atoms with Crippen LogP contribution in [0.1, 0.15) is 5.69 Å². The highest BCUT2D eigenvalue weighted by Gasteiger charge is 2.12. The summed E-state index contributed by atoms with van der Waals surface area (Å²) in [5, 5.41) is 3.61. The van der Waals surface area contributed by atoms with Gasteiger partial charge in [0.15, 0.2) is 0 Å². The smallest absolute Gasteiger partial charge is 0.219 e. The topological polar surface area (TPSA) is 39.4 Å². The van der Waals surface area contributed by atoms with Gasteiger partial charge in [0.05, 0.1) is 5.52 Å². The van der Waals surface area contributed by atoms with Crippen molar-refractivity contribution in [3.8, 4) is 11.6 Å². The summed E-state index contributed by atoms with van der Waals surface area (Å²) in [5.74, 6) is 1.36. The Kier molecular flexibility index (Phi) is 4.55. The lowest BCUT2D eigenvalue weighted by Gasteiger charge is -2.11. The predicted octanol–water partition coefficient (Wildman–Crippen LogP) is 7.29. The third-order valence-electron chi connectivity index (χ3n) is 5.51. The summed E-state index contributed by atoms with van der Waals surface area (Å²) in [6.45, 7) is 2.10. The van der Waals surface area contributed by atoms with Crippen LogP contribution in [-0.2, 0) is 0 Å². The maximum atomic E-state index is 5.90. The van der Waals surface area contributed by atoms with Gasteiger partial charge in [-0.3, -0.25) is 4.40 Å². The van der Waals surface area contributed by atoms with Crippen molar-refractivity contribution >= 4 is 39.1 Å². The number of hydrogen-bond donors (Lipinski definition) is 0. The van der Waals surface area contributed by atoms with E-state index in [4.69, 9.17) is 9.72 Å². The van der Waals surface area contributed by atoms with E-state index < -0.39 is 0 Å². The monoisotopic (exact) mass is 433 g/mol. The highest BCUT2D eigenvalue weighted by molar-refractivity contribution is 7.99. The molecule has 0 bridgehead atoms. The first-order chi connectivity index (χ1) is 15.8. The van der Waals surface area contributed by atoms with Crippen LogP contribution in [0.5, 0.6) is 11.6 Å². The highest BCUT2D eigenvalue weighted by atomic mass is 32.2. The minimum absolute atomic E-state index is 0.587. The molecule has 154 valence electrons. The Balaban J connectivity index is 1.41. The Morgan fingerprint density at radius 2 is 1.62 bits per heavy atom. The Hall–Kier alpha value is -3.83. The van der Waals surface area contributed by atoms with Crippen LogP contribution in [0.3, 0.4) is 0 Å². The van der Waals surface area contributed by atoms with Crippen molar-refractivity contribution in [2.75, 3.05) is 0 Å². The standard InChI is InChI=1S/C27H19N3OS/c1-18-17-29-27-24-16-21(12-13-22(24)23-9-2-3-10-25(23)30(18)27)32-20-8-6-7-19(15-20)31-26-11-4-5-14-28-26/h2-17H,1H3. The van der Waals surface area contributed by atoms with Crippen LogP contribution in [0, 0.1) is 6.92 Å². The Bertz CT molecular complexity index is 1590. The highest BCUT2D eigenvalue weighted by Crippen LogP contribution is 2.36. The fraction of sp³-hybridized carbons (Fsp3) is 0.0370. The second kappa shape index (κ2) is 7.70. The minimum Gasteiger partial charge on any atom is -0.439 e. The molecule has 0 saturated carbocycles. The molecule has 0 saturated heterocycles. The van der Waals surface area contributed by atoms with E-state index in [1.807, 2.05) is 42.6 Å². The number of aryl methyl sites for hydroxylation is 1. The molecule has 6 rings (SSSR count). The van der Waals surface area contributed by atoms with Gasteiger partial charge in [0.25, 0.3) is 0 Å². The summed E-state index contributed by atoms with van der Waals surface area (Å²) in [6.07, 6.45) is 3.67. The third kappa shape index (κ3) is 3.27. The summed E-state index contributed by atoms with van der Waals surface area (Å²) in [5.41, 5.74) is 3.31. The van der Waals surface area contributed by atoms with E-state index in [9.17, 15) is 0 Å². The van der Waals surface area contributed by atoms with Crippen molar-refractivity contribution in [2.24, 2.45) is 0 Å². The van der Waals surface area contributed by atoms with Crippen molar-refractivity contribution in [3.63, 3.8) is 0 Å². The van der Waals surface area contributed by atoms with Gasteiger partial charge in [0.1, 0.15) is 11.4 Å². The quantitative estimate of drug-likeness (QED) is 0.274. The molecule has 0 atom stereocenters. The van der Waals surface area contributed by atoms with Crippen LogP contribution >= 0.6 is 11.8 Å². The summed E-state index contributed by atoms with van der Waals surface area (Å²) in [6, 6.07) is 28.9. The number of pyridine rings is 2. The number of imidazole rings is 1. The molecule has 0 radical (unpaired) electrons. The molecule has 6 aromatic rings. The Morgan fingerprint density at radius 3 is 2.53 bits per heavy atom. The van der Waals surface area contributed by atoms with Crippen LogP contribution in [0.25, 0.3) is 27.3 Å². The second-order valence-electron chi connectivity index (χ2n) is 7.63. The minimum atomic E-state index is 0.587. The van der Waals surface area contributed by atoms with Gasteiger partial charge in [-0.2, -0.15) is 0 Å². The van der Waals surface area contributed by atoms with E-state index in [-0.39, 0.29) is 0 Å². The Morgan fingerprint density at radius 1 is 0.750 bits per heavy atom. The molecule has 3 aromatic carbocycles. The van der Waals surface area contributed by atoms with Crippen LogP contribution in [-0.4, -0.2) is 14.4 Å². The fourth-order valence-corrected chi connectivity index (χ4v) is 5.01. The zero-order valence-corrected chi connectivity index (χ0v) is 18.2. The van der Waals surface area contributed by atoms with Gasteiger partial charge in [-0.05, 0) is 54.8 Å². The molecular formula is C27H19N3OS. The number of rotatable bonds is 4. The molecular weight excluding hydrogens is 414 g/mol. The summed E-state index contributed by atoms with van der Waals surface area (Å²) in [4.78, 5) is 11.2. The SMILES string of the molecule is Cc1cnc2c3cc(Sc4cccc(Oc5ccccn5)c4)ccc3c3ccccc3n12. The number of fused-ring (bicyclic) bond motifs is 6. The molecule has 4 nitrogen and oxygen atoms in total. The fourth-order valence-electron chi connectivity index (χ4n) is 4.10. The number of nitrogens with zero attached hydrogens (tertiary/aromatic N) is 3. The first kappa shape index (κ1) is 18.9. The zero-order chi connectivity index (χ0) is 21.5. The summed E-state index contributed by atoms with van der Waals surface area (Å²) in [7, 11) is 0. The third-order valence-corrected chi connectivity index (χ3v) is 6.49. The molecule has 0 amide bonds. The van der Waals surface area contributed by atoms with Gasteiger partial charge < -0.3 is 4.74 Å². The maximum Gasteiger partial charge on any atom is 0.219 e. The summed E-state index contributed by atoms with van der Waals surface area (Å²) < 4.78 is 8.14. The first-order valence-corrected chi connectivity index (χ1v) is 11.2. The average Bonchev–Trinajstić information content (AvgIpc) is 3.22. The van der Waals surface area contributed by atoms with Crippen molar-refractivity contribution in [1.82, 2.24) is 14.4 Å². The Labute approximate surface area is 189 Å². The molecule has 32 heavy (non-hydrogen) atoms. The molecule has 0 fully saturated rings. The lowest BCUT2D eigenvalue weighted by molar-refractivity contribution is 0.462. The first-order valence-electron chi connectivity index (χ1n) is 10.4. The number of ether oxygens (including phenoxy) is 1. The van der Waals surface area contributed by atoms with Gasteiger partial charge in [0.2, 0.25) is 5.88 Å². The number of para-hydroxylation sites is 1. The van der Waals surface area contributed by atoms with Gasteiger partial charge in [-0.1, -0.05) is 48.2 Å². The van der Waals surface area contributed by atoms with Gasteiger partial charge in [-0.15, -0.1) is 0 Å². The van der Waals surface area contributed by atoms with Crippen molar-refractivity contribution in [2.45, 2.75) is 16.7 Å². The molecule has 0 unspecified atom stereocenters. The van der Waals surface area contributed by atoms with E-state index in [1.54, 1.807) is 18.0 Å². The maximum absolute atomic E-state index is 5.90. The van der Waals surface area contributed by atoms with Crippen molar-refractivity contribution in [3.05, 3.63) is 103 Å². The second-order valence-corrected chi connectivity index (χ2v) is 8.78. The molecule has 0 aliphatic heterocycles. The predicted molar refractivity (Wildman–Crippen MR) is 130 cm³/mol. The molecule has 0 aliphatic rings. The van der Waals surface area contributed by atoms with Gasteiger partial charge >= 0.3 is 0 Å². The van der Waals surface area contributed by atoms with E-state index in [1.165, 1.54) is 16.3 Å². The van der Waals surface area contributed by atoms with Gasteiger partial charge in [-0.25, -0.2) is 9.97 Å². The number of aromatic nitrogens is 3. The largest absolute Gasteiger partial charge is 0.439 e.